The summed E-state index contributed by atoms with van der Waals surface area (Å²) in [6, 6.07) is 12.2. The van der Waals surface area contributed by atoms with Gasteiger partial charge >= 0.3 is 0 Å². The fraction of sp³-hybridized carbons (Fsp3) is 0.217. The summed E-state index contributed by atoms with van der Waals surface area (Å²) in [4.78, 5) is 21.2. The van der Waals surface area contributed by atoms with Crippen LogP contribution in [0.1, 0.15) is 16.8 Å². The Hall–Kier alpha value is -4.04. The van der Waals surface area contributed by atoms with Crippen molar-refractivity contribution in [1.29, 1.82) is 5.26 Å². The number of ether oxygens (including phenoxy) is 4. The van der Waals surface area contributed by atoms with Gasteiger partial charge in [0.1, 0.15) is 5.75 Å². The molecule has 0 bridgehead atoms. The van der Waals surface area contributed by atoms with Crippen molar-refractivity contribution in [1.82, 2.24) is 15.3 Å². The van der Waals surface area contributed by atoms with E-state index < -0.39 is 0 Å². The molecule has 0 spiro atoms. The number of benzene rings is 2. The van der Waals surface area contributed by atoms with Crippen LogP contribution < -0.4 is 29.6 Å². The van der Waals surface area contributed by atoms with E-state index in [1.807, 2.05) is 6.07 Å². The Balaban J connectivity index is 1.86. The summed E-state index contributed by atoms with van der Waals surface area (Å²) in [5.74, 6) is 1.78. The Morgan fingerprint density at radius 1 is 1.09 bits per heavy atom. The van der Waals surface area contributed by atoms with Gasteiger partial charge in [-0.25, -0.2) is 4.98 Å². The molecule has 2 N–H and O–H groups in total. The number of halogens is 1. The predicted molar refractivity (Wildman–Crippen MR) is 128 cm³/mol. The molecule has 3 aromatic rings. The van der Waals surface area contributed by atoms with E-state index in [0.29, 0.717) is 38.7 Å². The van der Waals surface area contributed by atoms with Gasteiger partial charge in [0.25, 0.3) is 5.91 Å². The molecule has 2 aromatic carbocycles. The second-order valence-corrected chi connectivity index (χ2v) is 7.50. The van der Waals surface area contributed by atoms with Gasteiger partial charge < -0.3 is 29.6 Å². The first kappa shape index (κ1) is 24.6. The maximum atomic E-state index is 12.5. The van der Waals surface area contributed by atoms with E-state index in [0.717, 1.165) is 0 Å². The fourth-order valence-corrected chi connectivity index (χ4v) is 3.21. The number of amides is 1. The van der Waals surface area contributed by atoms with Gasteiger partial charge in [-0.3, -0.25) is 4.79 Å². The van der Waals surface area contributed by atoms with Gasteiger partial charge in [0, 0.05) is 24.4 Å². The van der Waals surface area contributed by atoms with Crippen molar-refractivity contribution in [3.8, 4) is 34.9 Å². The number of anilines is 2. The molecule has 1 aromatic heterocycles. The number of nitrogens with zero attached hydrogens (tertiary/aromatic N) is 3. The smallest absolute Gasteiger partial charge is 0.255 e. The van der Waals surface area contributed by atoms with Gasteiger partial charge in [0.2, 0.25) is 17.6 Å². The highest BCUT2D eigenvalue weighted by Gasteiger charge is 2.17. The highest BCUT2D eigenvalue weighted by atomic mass is 79.9. The van der Waals surface area contributed by atoms with Crippen molar-refractivity contribution >= 4 is 33.5 Å². The van der Waals surface area contributed by atoms with Crippen molar-refractivity contribution in [2.45, 2.75) is 6.42 Å². The third kappa shape index (κ3) is 5.85. The van der Waals surface area contributed by atoms with Crippen LogP contribution in [0.15, 0.2) is 47.1 Å². The number of rotatable bonds is 10. The Labute approximate surface area is 205 Å². The first-order valence-electron chi connectivity index (χ1n) is 10.0. The number of nitriles is 1. The van der Waals surface area contributed by atoms with E-state index in [9.17, 15) is 4.79 Å². The number of methoxy groups -OCH3 is 3. The minimum absolute atomic E-state index is 0.196. The average molecular weight is 528 g/mol. The topological polar surface area (TPSA) is 128 Å². The number of aromatic nitrogens is 2. The lowest BCUT2D eigenvalue weighted by Crippen LogP contribution is -2.24. The molecule has 10 nitrogen and oxygen atoms in total. The molecule has 0 unspecified atom stereocenters. The molecule has 176 valence electrons. The van der Waals surface area contributed by atoms with Crippen LogP contribution in [0.2, 0.25) is 0 Å². The van der Waals surface area contributed by atoms with Crippen molar-refractivity contribution in [2.24, 2.45) is 0 Å². The fourth-order valence-electron chi connectivity index (χ4n) is 2.94. The number of hydrogen-bond acceptors (Lipinski definition) is 9. The predicted octanol–water partition coefficient (Wildman–Crippen LogP) is 4.44. The molecule has 0 radical (unpaired) electrons. The SMILES string of the molecule is COc1cc(Nc2ncc(Br)c(Oc3ccccc3C(=O)NCCC#N)n2)cc(OC)c1OC. The molecule has 11 heteroatoms. The highest BCUT2D eigenvalue weighted by molar-refractivity contribution is 9.10. The van der Waals surface area contributed by atoms with Crippen LogP contribution in [-0.4, -0.2) is 43.7 Å². The molecular weight excluding hydrogens is 506 g/mol. The summed E-state index contributed by atoms with van der Waals surface area (Å²) in [6.45, 7) is 0.240. The molecular formula is C23H22BrN5O5. The second-order valence-electron chi connectivity index (χ2n) is 6.65. The molecule has 0 saturated carbocycles. The molecule has 0 aliphatic heterocycles. The van der Waals surface area contributed by atoms with Crippen molar-refractivity contribution in [3.63, 3.8) is 0 Å². The Kier molecular flexibility index (Phi) is 8.48. The molecule has 0 saturated heterocycles. The summed E-state index contributed by atoms with van der Waals surface area (Å²) in [7, 11) is 4.57. The Bertz CT molecular complexity index is 1190. The molecule has 1 heterocycles. The standard InChI is InChI=1S/C23H22BrN5O5/c1-31-18-11-14(12-19(32-2)20(18)33-3)28-23-27-13-16(24)22(29-23)34-17-8-5-4-7-15(17)21(30)26-10-6-9-25/h4-5,7-8,11-13H,6,10H2,1-3H3,(H,26,30)(H,27,28,29). The monoisotopic (exact) mass is 527 g/mol. The van der Waals surface area contributed by atoms with E-state index in [2.05, 4.69) is 36.5 Å². The van der Waals surface area contributed by atoms with Crippen LogP contribution in [0.25, 0.3) is 0 Å². The highest BCUT2D eigenvalue weighted by Crippen LogP contribution is 2.40. The van der Waals surface area contributed by atoms with Crippen LogP contribution in [0.3, 0.4) is 0 Å². The maximum absolute atomic E-state index is 12.5. The summed E-state index contributed by atoms with van der Waals surface area (Å²) in [6.07, 6.45) is 1.74. The number of hydrogen-bond donors (Lipinski definition) is 2. The molecule has 0 fully saturated rings. The summed E-state index contributed by atoms with van der Waals surface area (Å²) in [5, 5.41) is 14.4. The quantitative estimate of drug-likeness (QED) is 0.367. The largest absolute Gasteiger partial charge is 0.493 e. The van der Waals surface area contributed by atoms with Crippen LogP contribution in [0.4, 0.5) is 11.6 Å². The average Bonchev–Trinajstić information content (AvgIpc) is 2.85. The normalized spacial score (nSPS) is 10.1. The summed E-state index contributed by atoms with van der Waals surface area (Å²) < 4.78 is 22.5. The van der Waals surface area contributed by atoms with Crippen LogP contribution in [-0.2, 0) is 0 Å². The molecule has 0 aliphatic rings. The number of para-hydroxylation sites is 1. The number of carbonyl (C=O) groups is 1. The summed E-state index contributed by atoms with van der Waals surface area (Å²) in [5.41, 5.74) is 0.908. The summed E-state index contributed by atoms with van der Waals surface area (Å²) >= 11 is 3.38. The Morgan fingerprint density at radius 2 is 1.79 bits per heavy atom. The van der Waals surface area contributed by atoms with Gasteiger partial charge in [0.05, 0.1) is 50.1 Å². The maximum Gasteiger partial charge on any atom is 0.255 e. The van der Waals surface area contributed by atoms with Gasteiger partial charge in [-0.15, -0.1) is 0 Å². The van der Waals surface area contributed by atoms with E-state index in [1.54, 1.807) is 36.4 Å². The van der Waals surface area contributed by atoms with E-state index in [1.165, 1.54) is 27.5 Å². The molecule has 0 aliphatic carbocycles. The van der Waals surface area contributed by atoms with E-state index >= 15 is 0 Å². The lowest BCUT2D eigenvalue weighted by molar-refractivity contribution is 0.0952. The first-order valence-corrected chi connectivity index (χ1v) is 10.8. The minimum atomic E-state index is -0.355. The first-order chi connectivity index (χ1) is 16.5. The van der Waals surface area contributed by atoms with Gasteiger partial charge in [-0.05, 0) is 28.1 Å². The van der Waals surface area contributed by atoms with Crippen LogP contribution in [0.5, 0.6) is 28.9 Å². The molecule has 34 heavy (non-hydrogen) atoms. The molecule has 3 rings (SSSR count). The van der Waals surface area contributed by atoms with Crippen LogP contribution >= 0.6 is 15.9 Å². The zero-order chi connectivity index (χ0) is 24.5. The molecule has 1 amide bonds. The lowest BCUT2D eigenvalue weighted by Gasteiger charge is -2.15. The van der Waals surface area contributed by atoms with Crippen molar-refractivity contribution in [3.05, 3.63) is 52.6 Å². The van der Waals surface area contributed by atoms with Gasteiger partial charge in [0.15, 0.2) is 11.5 Å². The zero-order valence-corrected chi connectivity index (χ0v) is 20.3. The van der Waals surface area contributed by atoms with E-state index in [-0.39, 0.29) is 30.7 Å². The van der Waals surface area contributed by atoms with Crippen molar-refractivity contribution < 1.29 is 23.7 Å². The lowest BCUT2D eigenvalue weighted by atomic mass is 10.2. The van der Waals surface area contributed by atoms with Gasteiger partial charge in [-0.2, -0.15) is 10.2 Å². The van der Waals surface area contributed by atoms with Crippen LogP contribution in [0, 0.1) is 11.3 Å². The zero-order valence-electron chi connectivity index (χ0n) is 18.7. The van der Waals surface area contributed by atoms with E-state index in [4.69, 9.17) is 24.2 Å². The van der Waals surface area contributed by atoms with Gasteiger partial charge in [-0.1, -0.05) is 12.1 Å². The minimum Gasteiger partial charge on any atom is -0.493 e. The molecule has 0 atom stereocenters. The second kappa shape index (κ2) is 11.7. The van der Waals surface area contributed by atoms with Crippen molar-refractivity contribution in [2.75, 3.05) is 33.2 Å². The number of nitrogens with one attached hydrogen (secondary N) is 2. The number of carbonyl (C=O) groups excluding carboxylic acids is 1. The third-order valence-corrected chi connectivity index (χ3v) is 5.04. The Morgan fingerprint density at radius 3 is 2.44 bits per heavy atom. The third-order valence-electron chi connectivity index (χ3n) is 4.49.